The third-order valence-electron chi connectivity index (χ3n) is 2.75. The van der Waals surface area contributed by atoms with Crippen LogP contribution in [0.5, 0.6) is 0 Å². The third-order valence-corrected chi connectivity index (χ3v) is 4.29. The summed E-state index contributed by atoms with van der Waals surface area (Å²) in [4.78, 5) is 10.9. The van der Waals surface area contributed by atoms with Gasteiger partial charge in [0.15, 0.2) is 0 Å². The lowest BCUT2D eigenvalue weighted by Gasteiger charge is -2.30. The molecule has 0 unspecified atom stereocenters. The van der Waals surface area contributed by atoms with E-state index < -0.39 is 22.1 Å². The summed E-state index contributed by atoms with van der Waals surface area (Å²) < 4.78 is 27.5. The van der Waals surface area contributed by atoms with Crippen molar-refractivity contribution in [3.8, 4) is 0 Å². The molecule has 1 rings (SSSR count). The van der Waals surface area contributed by atoms with Crippen LogP contribution in [0, 0.1) is 11.8 Å². The van der Waals surface area contributed by atoms with Gasteiger partial charge in [-0.05, 0) is 18.8 Å². The van der Waals surface area contributed by atoms with E-state index in [1.807, 2.05) is 13.8 Å². The van der Waals surface area contributed by atoms with Crippen LogP contribution in [0.3, 0.4) is 0 Å². The molecule has 7 heteroatoms. The molecule has 17 heavy (non-hydrogen) atoms. The topological polar surface area (TPSA) is 86.7 Å². The Labute approximate surface area is 102 Å². The summed E-state index contributed by atoms with van der Waals surface area (Å²) in [6, 6.07) is 0. The summed E-state index contributed by atoms with van der Waals surface area (Å²) in [6.45, 7) is 4.67. The number of hydrogen-bond donors (Lipinski definition) is 2. The molecule has 1 aliphatic heterocycles. The second kappa shape index (κ2) is 5.79. The molecule has 1 heterocycles. The van der Waals surface area contributed by atoms with Gasteiger partial charge in [-0.3, -0.25) is 4.79 Å². The SMILES string of the molecule is CC(C)CNS(=O)(=O)N1CCC[C@@H](C(=O)O)C1. The highest BCUT2D eigenvalue weighted by molar-refractivity contribution is 7.87. The van der Waals surface area contributed by atoms with Crippen molar-refractivity contribution in [3.05, 3.63) is 0 Å². The van der Waals surface area contributed by atoms with Crippen LogP contribution in [0.25, 0.3) is 0 Å². The number of rotatable bonds is 5. The Bertz CT molecular complexity index is 367. The van der Waals surface area contributed by atoms with Gasteiger partial charge in [-0.15, -0.1) is 0 Å². The normalized spacial score (nSPS) is 22.9. The number of carboxylic acids is 1. The molecule has 0 saturated carbocycles. The molecule has 0 bridgehead atoms. The Morgan fingerprint density at radius 3 is 2.71 bits per heavy atom. The van der Waals surface area contributed by atoms with E-state index in [0.29, 0.717) is 25.9 Å². The van der Waals surface area contributed by atoms with E-state index in [1.165, 1.54) is 4.31 Å². The van der Waals surface area contributed by atoms with E-state index in [1.54, 1.807) is 0 Å². The van der Waals surface area contributed by atoms with Gasteiger partial charge in [0.1, 0.15) is 0 Å². The monoisotopic (exact) mass is 264 g/mol. The zero-order chi connectivity index (χ0) is 13.1. The molecule has 100 valence electrons. The first-order chi connectivity index (χ1) is 7.83. The predicted octanol–water partition coefficient (Wildman–Crippen LogP) is 0.273. The molecule has 1 saturated heterocycles. The van der Waals surface area contributed by atoms with Gasteiger partial charge >= 0.3 is 5.97 Å². The van der Waals surface area contributed by atoms with Crippen LogP contribution in [0.2, 0.25) is 0 Å². The Morgan fingerprint density at radius 1 is 1.53 bits per heavy atom. The van der Waals surface area contributed by atoms with Crippen LogP contribution in [0.1, 0.15) is 26.7 Å². The number of nitrogens with zero attached hydrogens (tertiary/aromatic N) is 1. The highest BCUT2D eigenvalue weighted by Crippen LogP contribution is 2.18. The van der Waals surface area contributed by atoms with Gasteiger partial charge in [-0.1, -0.05) is 13.8 Å². The van der Waals surface area contributed by atoms with Crippen LogP contribution in [-0.2, 0) is 15.0 Å². The smallest absolute Gasteiger partial charge is 0.307 e. The third kappa shape index (κ3) is 4.25. The van der Waals surface area contributed by atoms with Crippen molar-refractivity contribution in [1.29, 1.82) is 0 Å². The fourth-order valence-corrected chi connectivity index (χ4v) is 3.20. The zero-order valence-electron chi connectivity index (χ0n) is 10.2. The minimum Gasteiger partial charge on any atom is -0.481 e. The number of piperidine rings is 1. The van der Waals surface area contributed by atoms with Crippen molar-refractivity contribution < 1.29 is 18.3 Å². The van der Waals surface area contributed by atoms with Crippen molar-refractivity contribution in [3.63, 3.8) is 0 Å². The molecule has 1 fully saturated rings. The van der Waals surface area contributed by atoms with Gasteiger partial charge in [-0.2, -0.15) is 12.7 Å². The van der Waals surface area contributed by atoms with Crippen molar-refractivity contribution in [2.75, 3.05) is 19.6 Å². The van der Waals surface area contributed by atoms with Gasteiger partial charge < -0.3 is 5.11 Å². The summed E-state index contributed by atoms with van der Waals surface area (Å²) in [5.41, 5.74) is 0. The van der Waals surface area contributed by atoms with Crippen molar-refractivity contribution in [2.24, 2.45) is 11.8 Å². The van der Waals surface area contributed by atoms with Crippen molar-refractivity contribution in [1.82, 2.24) is 9.03 Å². The Balaban J connectivity index is 2.62. The molecule has 6 nitrogen and oxygen atoms in total. The Kier molecular flexibility index (Phi) is 4.91. The first kappa shape index (κ1) is 14.4. The van der Waals surface area contributed by atoms with E-state index in [0.717, 1.165) is 0 Å². The van der Waals surface area contributed by atoms with Gasteiger partial charge in [0.2, 0.25) is 0 Å². The summed E-state index contributed by atoms with van der Waals surface area (Å²) >= 11 is 0. The van der Waals surface area contributed by atoms with Crippen molar-refractivity contribution in [2.45, 2.75) is 26.7 Å². The molecule has 0 spiro atoms. The summed E-state index contributed by atoms with van der Waals surface area (Å²) in [5, 5.41) is 8.90. The van der Waals surface area contributed by atoms with Gasteiger partial charge in [0.25, 0.3) is 10.2 Å². The van der Waals surface area contributed by atoms with Crippen LogP contribution in [0.15, 0.2) is 0 Å². The Hall–Kier alpha value is -0.660. The van der Waals surface area contributed by atoms with E-state index in [-0.39, 0.29) is 12.5 Å². The summed E-state index contributed by atoms with van der Waals surface area (Å²) in [7, 11) is -3.52. The minimum atomic E-state index is -3.52. The second-order valence-electron chi connectivity index (χ2n) is 4.78. The average molecular weight is 264 g/mol. The predicted molar refractivity (Wildman–Crippen MR) is 63.7 cm³/mol. The lowest BCUT2D eigenvalue weighted by molar-refractivity contribution is -0.142. The first-order valence-electron chi connectivity index (χ1n) is 5.80. The van der Waals surface area contributed by atoms with Crippen LogP contribution in [0.4, 0.5) is 0 Å². The van der Waals surface area contributed by atoms with Crippen LogP contribution >= 0.6 is 0 Å². The Morgan fingerprint density at radius 2 is 2.18 bits per heavy atom. The fraction of sp³-hybridized carbons (Fsp3) is 0.900. The van der Waals surface area contributed by atoms with Crippen LogP contribution < -0.4 is 4.72 Å². The van der Waals surface area contributed by atoms with Gasteiger partial charge in [0.05, 0.1) is 5.92 Å². The quantitative estimate of drug-likeness (QED) is 0.746. The molecule has 0 aromatic carbocycles. The lowest BCUT2D eigenvalue weighted by Crippen LogP contribution is -2.48. The lowest BCUT2D eigenvalue weighted by atomic mass is 10.0. The fourth-order valence-electron chi connectivity index (χ4n) is 1.73. The molecule has 0 aliphatic carbocycles. The number of carbonyl (C=O) groups is 1. The maximum Gasteiger partial charge on any atom is 0.307 e. The van der Waals surface area contributed by atoms with E-state index in [4.69, 9.17) is 5.11 Å². The number of aliphatic carboxylic acids is 1. The second-order valence-corrected chi connectivity index (χ2v) is 6.54. The molecule has 2 N–H and O–H groups in total. The maximum atomic E-state index is 11.9. The van der Waals surface area contributed by atoms with Crippen molar-refractivity contribution >= 4 is 16.2 Å². The minimum absolute atomic E-state index is 0.0722. The van der Waals surface area contributed by atoms with E-state index in [9.17, 15) is 13.2 Å². The summed E-state index contributed by atoms with van der Waals surface area (Å²) in [5.74, 6) is -1.28. The molecule has 0 radical (unpaired) electrons. The van der Waals surface area contributed by atoms with E-state index >= 15 is 0 Å². The highest BCUT2D eigenvalue weighted by atomic mass is 32.2. The highest BCUT2D eigenvalue weighted by Gasteiger charge is 2.31. The largest absolute Gasteiger partial charge is 0.481 e. The summed E-state index contributed by atoms with van der Waals surface area (Å²) in [6.07, 6.45) is 1.14. The molecule has 0 aromatic heterocycles. The number of hydrogen-bond acceptors (Lipinski definition) is 3. The van der Waals surface area contributed by atoms with E-state index in [2.05, 4.69) is 4.72 Å². The molecule has 0 aromatic rings. The molecule has 0 amide bonds. The first-order valence-corrected chi connectivity index (χ1v) is 7.24. The number of nitrogens with one attached hydrogen (secondary N) is 1. The van der Waals surface area contributed by atoms with Gasteiger partial charge in [-0.25, -0.2) is 4.72 Å². The standard InChI is InChI=1S/C10H20N2O4S/c1-8(2)6-11-17(15,16)12-5-3-4-9(7-12)10(13)14/h8-9,11H,3-7H2,1-2H3,(H,13,14)/t9-/m1/s1. The van der Waals surface area contributed by atoms with Gasteiger partial charge in [0, 0.05) is 19.6 Å². The average Bonchev–Trinajstić information content (AvgIpc) is 2.27. The number of carboxylic acid groups (broad SMARTS) is 1. The maximum absolute atomic E-state index is 11.9. The molecular formula is C10H20N2O4S. The molecule has 1 atom stereocenters. The molecular weight excluding hydrogens is 244 g/mol. The molecule has 1 aliphatic rings. The zero-order valence-corrected chi connectivity index (χ0v) is 11.0. The van der Waals surface area contributed by atoms with Crippen LogP contribution in [-0.4, -0.2) is 43.4 Å².